The number of methoxy groups -OCH3 is 1. The van der Waals surface area contributed by atoms with Crippen LogP contribution in [0, 0.1) is 0 Å². The largest absolute Gasteiger partial charge is 0.400 e. The lowest BCUT2D eigenvalue weighted by atomic mass is 10.2. The van der Waals surface area contributed by atoms with Crippen LogP contribution in [0.15, 0.2) is 13.2 Å². The number of amides is 1. The Balaban J connectivity index is -0.000000264. The molecule has 0 aliphatic heterocycles. The van der Waals surface area contributed by atoms with Crippen LogP contribution < -0.4 is 10.6 Å². The van der Waals surface area contributed by atoms with Crippen LogP contribution in [0.5, 0.6) is 0 Å². The minimum Gasteiger partial charge on any atom is -0.400 e. The van der Waals surface area contributed by atoms with Crippen molar-refractivity contribution in [3.63, 3.8) is 0 Å². The van der Waals surface area contributed by atoms with Gasteiger partial charge in [0, 0.05) is 32.6 Å². The normalized spacial score (nSPS) is 12.1. The quantitative estimate of drug-likeness (QED) is 0.435. The molecule has 8 heteroatoms. The highest BCUT2D eigenvalue weighted by molar-refractivity contribution is 8.64. The molecule has 4 unspecified atom stereocenters. The third kappa shape index (κ3) is 20.3. The van der Waals surface area contributed by atoms with Gasteiger partial charge in [0.05, 0.1) is 6.04 Å². The first-order valence-corrected chi connectivity index (χ1v) is 10.7. The number of rotatable bonds is 9. The summed E-state index contributed by atoms with van der Waals surface area (Å²) in [5.74, 6) is 0.878. The maximum Gasteiger partial charge on any atom is 0.238 e. The predicted octanol–water partition coefficient (Wildman–Crippen LogP) is 2.28. The highest BCUT2D eigenvalue weighted by Crippen LogP contribution is 2.36. The van der Waals surface area contributed by atoms with Gasteiger partial charge < -0.3 is 20.5 Å². The van der Waals surface area contributed by atoms with Gasteiger partial charge in [-0.15, -0.1) is 33.5 Å². The van der Waals surface area contributed by atoms with Crippen molar-refractivity contribution in [3.05, 3.63) is 13.2 Å². The Labute approximate surface area is 139 Å². The third-order valence-corrected chi connectivity index (χ3v) is 5.31. The highest BCUT2D eigenvalue weighted by Gasteiger charge is 2.17. The minimum absolute atomic E-state index is 0. The van der Waals surface area contributed by atoms with Crippen LogP contribution in [0.3, 0.4) is 0 Å². The smallest absolute Gasteiger partial charge is 0.238 e. The Kier molecular flexibility index (Phi) is 35.3. The fraction of sp³-hybridized carbons (Fsp3) is 0.769. The van der Waals surface area contributed by atoms with E-state index in [-0.39, 0.29) is 25.4 Å². The second-order valence-electron chi connectivity index (χ2n) is 3.46. The minimum atomic E-state index is -0.108. The first-order valence-electron chi connectivity index (χ1n) is 6.14. The fourth-order valence-corrected chi connectivity index (χ4v) is 3.37. The number of carbonyl (C=O) groups is 1. The molecule has 21 heavy (non-hydrogen) atoms. The lowest BCUT2D eigenvalue weighted by Gasteiger charge is -2.19. The second-order valence-corrected chi connectivity index (χ2v) is 8.01. The maximum absolute atomic E-state index is 11.8. The van der Waals surface area contributed by atoms with Crippen molar-refractivity contribution in [1.29, 1.82) is 0 Å². The molecule has 0 aromatic rings. The number of aliphatic hydroxyl groups is 1. The zero-order valence-corrected chi connectivity index (χ0v) is 15.9. The summed E-state index contributed by atoms with van der Waals surface area (Å²) in [5.41, 5.74) is 0. The molecule has 1 amide bonds. The van der Waals surface area contributed by atoms with Gasteiger partial charge in [0.1, 0.15) is 0 Å². The lowest BCUT2D eigenvalue weighted by Crippen LogP contribution is -2.47. The topological polar surface area (TPSA) is 70.6 Å². The SMILES string of the molecule is C.C=C.CNC(CSPP)C(=O)NC(C)CCOC.CO. The van der Waals surface area contributed by atoms with Crippen LogP contribution in [0.4, 0.5) is 0 Å². The van der Waals surface area contributed by atoms with Crippen molar-refractivity contribution in [3.8, 4) is 0 Å². The van der Waals surface area contributed by atoms with Gasteiger partial charge in [-0.2, -0.15) is 0 Å². The van der Waals surface area contributed by atoms with Crippen molar-refractivity contribution in [1.82, 2.24) is 10.6 Å². The average molecular weight is 360 g/mol. The molecule has 4 atom stereocenters. The molecule has 0 saturated heterocycles. The standard InChI is InChI=1S/C9H22N2O2P2S.C2H4.CH4O.CH4/c1-7(4-5-13-3)11-9(12)8(10-2)6-16-15-14;2*1-2;/h7-8,10,15H,4-6,14H2,1-3H3,(H,11,12);1-2H2;2H,1H3;1H4. The van der Waals surface area contributed by atoms with E-state index in [0.29, 0.717) is 6.61 Å². The number of aliphatic hydroxyl groups excluding tert-OH is 1. The van der Waals surface area contributed by atoms with E-state index in [2.05, 4.69) is 32.7 Å². The summed E-state index contributed by atoms with van der Waals surface area (Å²) in [4.78, 5) is 11.8. The number of hydrogen-bond donors (Lipinski definition) is 3. The molecular formula is C13H34N2O3P2S. The van der Waals surface area contributed by atoms with Gasteiger partial charge >= 0.3 is 0 Å². The van der Waals surface area contributed by atoms with Gasteiger partial charge in [-0.05, 0) is 27.9 Å². The Bertz CT molecular complexity index is 216. The van der Waals surface area contributed by atoms with Gasteiger partial charge in [-0.1, -0.05) is 7.43 Å². The van der Waals surface area contributed by atoms with Crippen molar-refractivity contribution >= 4 is 33.7 Å². The molecule has 0 fully saturated rings. The van der Waals surface area contributed by atoms with E-state index in [1.165, 1.54) is 0 Å². The first-order chi connectivity index (χ1) is 9.65. The van der Waals surface area contributed by atoms with Crippen molar-refractivity contribution in [2.45, 2.75) is 32.9 Å². The van der Waals surface area contributed by atoms with E-state index in [0.717, 1.165) is 26.8 Å². The molecule has 5 nitrogen and oxygen atoms in total. The Morgan fingerprint density at radius 3 is 2.38 bits per heavy atom. The highest BCUT2D eigenvalue weighted by atomic mass is 32.9. The summed E-state index contributed by atoms with van der Waals surface area (Å²) in [7, 11) is 7.89. The molecule has 0 spiro atoms. The predicted molar refractivity (Wildman–Crippen MR) is 104 cm³/mol. The van der Waals surface area contributed by atoms with Gasteiger partial charge in [0.15, 0.2) is 0 Å². The zero-order chi connectivity index (χ0) is 16.4. The molecule has 0 heterocycles. The summed E-state index contributed by atoms with van der Waals surface area (Å²) in [5, 5.41) is 13.0. The van der Waals surface area contributed by atoms with Crippen LogP contribution in [-0.2, 0) is 9.53 Å². The number of ether oxygens (including phenoxy) is 1. The summed E-state index contributed by atoms with van der Waals surface area (Å²) in [6, 6.07) is 0.0507. The van der Waals surface area contributed by atoms with Gasteiger partial charge in [0.25, 0.3) is 0 Å². The maximum atomic E-state index is 11.8. The van der Waals surface area contributed by atoms with Gasteiger partial charge in [-0.3, -0.25) is 4.79 Å². The summed E-state index contributed by atoms with van der Waals surface area (Å²) in [6.07, 6.45) is 0.844. The first kappa shape index (κ1) is 29.3. The van der Waals surface area contributed by atoms with E-state index in [4.69, 9.17) is 9.84 Å². The van der Waals surface area contributed by atoms with E-state index < -0.39 is 0 Å². The Morgan fingerprint density at radius 1 is 1.48 bits per heavy atom. The molecule has 0 rings (SSSR count). The van der Waals surface area contributed by atoms with E-state index in [9.17, 15) is 4.79 Å². The lowest BCUT2D eigenvalue weighted by molar-refractivity contribution is -0.123. The van der Waals surface area contributed by atoms with E-state index in [1.807, 2.05) is 14.0 Å². The molecule has 0 saturated carbocycles. The third-order valence-electron chi connectivity index (χ3n) is 2.14. The number of likely N-dealkylation sites (N-methyl/N-ethyl adjacent to an activating group) is 1. The van der Waals surface area contributed by atoms with Gasteiger partial charge in [-0.25, -0.2) is 0 Å². The molecule has 3 N–H and O–H groups in total. The second kappa shape index (κ2) is 25.3. The van der Waals surface area contributed by atoms with E-state index in [1.54, 1.807) is 18.5 Å². The molecule has 0 aliphatic rings. The summed E-state index contributed by atoms with van der Waals surface area (Å²) in [6.45, 7) is 8.67. The Morgan fingerprint density at radius 2 is 2.00 bits per heavy atom. The van der Waals surface area contributed by atoms with Crippen LogP contribution >= 0.6 is 27.8 Å². The van der Waals surface area contributed by atoms with Crippen LogP contribution in [0.1, 0.15) is 20.8 Å². The zero-order valence-electron chi connectivity index (χ0n) is 12.9. The van der Waals surface area contributed by atoms with Crippen LogP contribution in [0.25, 0.3) is 0 Å². The molecular weight excluding hydrogens is 326 g/mol. The number of hydrogen-bond acceptors (Lipinski definition) is 5. The molecule has 0 aromatic carbocycles. The number of carbonyl (C=O) groups excluding carboxylic acids is 1. The van der Waals surface area contributed by atoms with Crippen molar-refractivity contribution < 1.29 is 14.6 Å². The average Bonchev–Trinajstić information content (AvgIpc) is 2.50. The van der Waals surface area contributed by atoms with Crippen molar-refractivity contribution in [2.75, 3.05) is 33.6 Å². The van der Waals surface area contributed by atoms with Crippen LogP contribution in [0.2, 0.25) is 0 Å². The molecule has 0 aliphatic carbocycles. The molecule has 0 radical (unpaired) electrons. The molecule has 0 bridgehead atoms. The molecule has 130 valence electrons. The summed E-state index contributed by atoms with van der Waals surface area (Å²) >= 11 is 1.76. The van der Waals surface area contributed by atoms with E-state index >= 15 is 0 Å². The van der Waals surface area contributed by atoms with Gasteiger partial charge in [0.2, 0.25) is 5.91 Å². The molecule has 0 aromatic heterocycles. The Hall–Kier alpha value is 0.300. The summed E-state index contributed by atoms with van der Waals surface area (Å²) < 4.78 is 4.97. The van der Waals surface area contributed by atoms with Crippen LogP contribution in [-0.4, -0.2) is 56.7 Å². The fourth-order valence-electron chi connectivity index (χ4n) is 1.13. The van der Waals surface area contributed by atoms with Crippen molar-refractivity contribution in [2.24, 2.45) is 0 Å². The monoisotopic (exact) mass is 360 g/mol. The number of nitrogens with one attached hydrogen (secondary N) is 2.